The highest BCUT2D eigenvalue weighted by Crippen LogP contribution is 1.91. The third-order valence-electron chi connectivity index (χ3n) is 6.12. The molecular weight excluding hydrogens is 678 g/mol. The van der Waals surface area contributed by atoms with E-state index in [0.29, 0.717) is 178 Å². The molecule has 17 heteroatoms. The van der Waals surface area contributed by atoms with Gasteiger partial charge in [-0.05, 0) is 20.3 Å². The van der Waals surface area contributed by atoms with Gasteiger partial charge in [0, 0.05) is 19.6 Å². The second kappa shape index (κ2) is 42.8. The van der Waals surface area contributed by atoms with Crippen LogP contribution in [0.2, 0.25) is 0 Å². The summed E-state index contributed by atoms with van der Waals surface area (Å²) in [6, 6.07) is 0. The molecule has 0 atom stereocenters. The van der Waals surface area contributed by atoms with Gasteiger partial charge in [0.05, 0.1) is 171 Å². The van der Waals surface area contributed by atoms with Gasteiger partial charge in [-0.1, -0.05) is 0 Å². The van der Waals surface area contributed by atoms with E-state index in [0.717, 1.165) is 0 Å². The summed E-state index contributed by atoms with van der Waals surface area (Å²) < 4.78 is 70.8. The summed E-state index contributed by atoms with van der Waals surface area (Å²) >= 11 is 0. The quantitative estimate of drug-likeness (QED) is 0.0840. The molecule has 0 saturated carbocycles. The molecule has 304 valence electrons. The van der Waals surface area contributed by atoms with E-state index in [9.17, 15) is 9.59 Å². The van der Waals surface area contributed by atoms with Gasteiger partial charge in [-0.3, -0.25) is 9.59 Å². The van der Waals surface area contributed by atoms with Crippen molar-refractivity contribution >= 4 is 11.9 Å². The maximum absolute atomic E-state index is 11.4. The normalized spacial score (nSPS) is 11.5. The van der Waals surface area contributed by atoms with Gasteiger partial charge in [-0.15, -0.1) is 0 Å². The molecule has 17 nitrogen and oxygen atoms in total. The van der Waals surface area contributed by atoms with Crippen molar-refractivity contribution in [3.63, 3.8) is 0 Å². The Labute approximate surface area is 304 Å². The van der Waals surface area contributed by atoms with Crippen LogP contribution in [0.1, 0.15) is 33.1 Å². The molecule has 0 aliphatic carbocycles. The lowest BCUT2D eigenvalue weighted by Crippen LogP contribution is -2.25. The second-order valence-corrected chi connectivity index (χ2v) is 10.9. The Morgan fingerprint density at radius 2 is 0.667 bits per heavy atom. The predicted molar refractivity (Wildman–Crippen MR) is 185 cm³/mol. The van der Waals surface area contributed by atoms with Crippen LogP contribution in [0.15, 0.2) is 0 Å². The van der Waals surface area contributed by atoms with Crippen LogP contribution in [0.4, 0.5) is 0 Å². The molecule has 0 saturated heterocycles. The Hall–Kier alpha value is -1.58. The van der Waals surface area contributed by atoms with Crippen molar-refractivity contribution in [2.24, 2.45) is 0 Å². The van der Waals surface area contributed by atoms with E-state index >= 15 is 0 Å². The van der Waals surface area contributed by atoms with Crippen LogP contribution in [-0.4, -0.2) is 195 Å². The Morgan fingerprint density at radius 1 is 0.412 bits per heavy atom. The number of hydrogen-bond acceptors (Lipinski definition) is 15. The average Bonchev–Trinajstić information content (AvgIpc) is 3.11. The lowest BCUT2D eigenvalue weighted by Gasteiger charge is -2.09. The van der Waals surface area contributed by atoms with Crippen LogP contribution in [-0.2, 0) is 71.2 Å². The van der Waals surface area contributed by atoms with E-state index in [1.807, 2.05) is 13.8 Å². The third kappa shape index (κ3) is 46.4. The van der Waals surface area contributed by atoms with Gasteiger partial charge in [0.2, 0.25) is 5.91 Å². The number of amides is 1. The molecule has 0 bridgehead atoms. The van der Waals surface area contributed by atoms with Gasteiger partial charge >= 0.3 is 5.97 Å². The van der Waals surface area contributed by atoms with Crippen molar-refractivity contribution in [1.29, 1.82) is 0 Å². The number of carbonyl (C=O) groups excluding carboxylic acids is 1. The molecule has 51 heavy (non-hydrogen) atoms. The number of hydrogen-bond donors (Lipinski definition) is 2. The summed E-state index contributed by atoms with van der Waals surface area (Å²) in [5.41, 5.74) is 0. The Morgan fingerprint density at radius 3 is 0.922 bits per heavy atom. The van der Waals surface area contributed by atoms with Gasteiger partial charge in [0.25, 0.3) is 0 Å². The van der Waals surface area contributed by atoms with Crippen LogP contribution in [0.25, 0.3) is 0 Å². The summed E-state index contributed by atoms with van der Waals surface area (Å²) in [7, 11) is 0. The average molecular weight is 746 g/mol. The van der Waals surface area contributed by atoms with Gasteiger partial charge in [0.1, 0.15) is 0 Å². The van der Waals surface area contributed by atoms with Crippen molar-refractivity contribution in [3.05, 3.63) is 0 Å². The highest BCUT2D eigenvalue weighted by atomic mass is 16.6. The summed E-state index contributed by atoms with van der Waals surface area (Å²) in [5, 5.41) is 11.2. The van der Waals surface area contributed by atoms with Crippen LogP contribution in [0, 0.1) is 0 Å². The largest absolute Gasteiger partial charge is 0.481 e. The minimum atomic E-state index is -0.983. The first-order valence-corrected chi connectivity index (χ1v) is 18.0. The lowest BCUT2D eigenvalue weighted by molar-refractivity contribution is -0.138. The summed E-state index contributed by atoms with van der Waals surface area (Å²) in [5.74, 6) is -1.25. The van der Waals surface area contributed by atoms with E-state index in [2.05, 4.69) is 5.32 Å². The van der Waals surface area contributed by atoms with Crippen LogP contribution in [0.3, 0.4) is 0 Å². The molecule has 1 amide bonds. The first kappa shape index (κ1) is 49.4. The molecule has 0 fully saturated rings. The monoisotopic (exact) mass is 745 g/mol. The Kier molecular flexibility index (Phi) is 41.5. The fourth-order valence-electron chi connectivity index (χ4n) is 3.57. The van der Waals surface area contributed by atoms with Crippen molar-refractivity contribution in [1.82, 2.24) is 5.32 Å². The minimum Gasteiger partial charge on any atom is -0.481 e. The molecule has 0 unspecified atom stereocenters. The number of ether oxygens (including phenoxy) is 13. The van der Waals surface area contributed by atoms with E-state index < -0.39 is 5.97 Å². The van der Waals surface area contributed by atoms with Crippen LogP contribution >= 0.6 is 0 Å². The topological polar surface area (TPSA) is 186 Å². The molecule has 0 rings (SSSR count). The third-order valence-corrected chi connectivity index (χ3v) is 6.12. The molecule has 0 aliphatic rings. The molecule has 0 aromatic heterocycles. The smallest absolute Gasteiger partial charge is 0.303 e. The Bertz CT molecular complexity index is 722. The number of carboxylic acids is 1. The summed E-state index contributed by atoms with van der Waals surface area (Å²) in [4.78, 5) is 21.8. The second-order valence-electron chi connectivity index (χ2n) is 10.9. The van der Waals surface area contributed by atoms with Gasteiger partial charge in [-0.25, -0.2) is 0 Å². The number of nitrogens with one attached hydrogen (secondary N) is 1. The van der Waals surface area contributed by atoms with E-state index in [4.69, 9.17) is 66.7 Å². The fraction of sp³-hybridized carbons (Fsp3) is 0.941. The highest BCUT2D eigenvalue weighted by molar-refractivity contribution is 5.80. The highest BCUT2D eigenvalue weighted by Gasteiger charge is 2.04. The summed E-state index contributed by atoms with van der Waals surface area (Å²) in [6.07, 6.45) is 0.698. The van der Waals surface area contributed by atoms with Crippen molar-refractivity contribution in [2.75, 3.05) is 172 Å². The fourth-order valence-corrected chi connectivity index (χ4v) is 3.57. The van der Waals surface area contributed by atoms with Crippen LogP contribution in [0.5, 0.6) is 0 Å². The molecule has 0 heterocycles. The predicted octanol–water partition coefficient (Wildman–Crippen LogP) is 0.982. The van der Waals surface area contributed by atoms with Crippen molar-refractivity contribution in [3.8, 4) is 0 Å². The lowest BCUT2D eigenvalue weighted by atomic mass is 10.3. The molecule has 2 N–H and O–H groups in total. The minimum absolute atomic E-state index is 0.0113. The van der Waals surface area contributed by atoms with E-state index in [-0.39, 0.29) is 24.9 Å². The number of carbonyl (C=O) groups is 2. The molecular formula is C34H67NO16. The SMILES string of the molecule is CC(C)OCCOCCOCCOCCOCCOCCOCCOCCOCCOCCOCCOCCOCCCNC(=O)CCC(=O)O. The maximum atomic E-state index is 11.4. The van der Waals surface area contributed by atoms with E-state index in [1.54, 1.807) is 0 Å². The van der Waals surface area contributed by atoms with Gasteiger partial charge in [0.15, 0.2) is 0 Å². The first-order chi connectivity index (χ1) is 25.0. The van der Waals surface area contributed by atoms with Gasteiger partial charge in [-0.2, -0.15) is 0 Å². The zero-order chi connectivity index (χ0) is 37.1. The summed E-state index contributed by atoms with van der Waals surface area (Å²) in [6.45, 7) is 16.9. The zero-order valence-corrected chi connectivity index (χ0v) is 31.2. The van der Waals surface area contributed by atoms with Gasteiger partial charge < -0.3 is 72.0 Å². The van der Waals surface area contributed by atoms with Crippen molar-refractivity contribution < 1.29 is 76.3 Å². The first-order valence-electron chi connectivity index (χ1n) is 18.0. The zero-order valence-electron chi connectivity index (χ0n) is 31.2. The molecule has 0 radical (unpaired) electrons. The Balaban J connectivity index is 3.08. The maximum Gasteiger partial charge on any atom is 0.303 e. The molecule has 0 spiro atoms. The number of carboxylic acid groups (broad SMARTS) is 1. The molecule has 0 aromatic carbocycles. The number of rotatable bonds is 44. The molecule has 0 aromatic rings. The van der Waals surface area contributed by atoms with E-state index in [1.165, 1.54) is 0 Å². The van der Waals surface area contributed by atoms with Crippen molar-refractivity contribution in [2.45, 2.75) is 39.2 Å². The standard InChI is InChI=1S/C34H67NO16/c1-32(2)51-31-30-50-29-28-49-27-26-48-25-24-47-23-22-46-21-20-45-19-18-44-17-16-43-15-14-42-13-12-41-11-10-40-9-8-39-7-3-6-35-33(36)4-5-34(37)38/h32H,3-31H2,1-2H3,(H,35,36)(H,37,38). The molecule has 0 aliphatic heterocycles. The number of aliphatic carboxylic acids is 1. The van der Waals surface area contributed by atoms with Crippen LogP contribution < -0.4 is 5.32 Å².